The average Bonchev–Trinajstić information content (AvgIpc) is 3.65. The second-order valence-corrected chi connectivity index (χ2v) is 8.85. The second-order valence-electron chi connectivity index (χ2n) is 7.94. The summed E-state index contributed by atoms with van der Waals surface area (Å²) in [5.41, 5.74) is 4.45. The Bertz CT molecular complexity index is 966. The first-order valence-electron chi connectivity index (χ1n) is 10.0. The predicted octanol–water partition coefficient (Wildman–Crippen LogP) is 5.94. The Kier molecular flexibility index (Phi) is 6.04. The van der Waals surface area contributed by atoms with Crippen molar-refractivity contribution in [1.29, 1.82) is 0 Å². The predicted molar refractivity (Wildman–Crippen MR) is 123 cm³/mol. The molecule has 0 bridgehead atoms. The van der Waals surface area contributed by atoms with Gasteiger partial charge >= 0.3 is 0 Å². The average molecular weight is 425 g/mol. The topological polar surface area (TPSA) is 41.1 Å². The molecule has 2 aromatic carbocycles. The van der Waals surface area contributed by atoms with Crippen LogP contribution in [-0.4, -0.2) is 18.5 Å². The molecule has 2 saturated carbocycles. The fourth-order valence-corrected chi connectivity index (χ4v) is 4.48. The van der Waals surface area contributed by atoms with Crippen LogP contribution in [0.2, 0.25) is 0 Å². The standard InChI is InChI=1S/C24H24N2OS.ClH/c27-24(23-12-19(15-28-23)17-4-2-1-3-5-17)26-20-10-8-18(9-11-20)21-13-22(21)25-14-16-6-7-16;/h1-5,8-12,15-16,21-22,25H,6-7,13-14H2,(H,26,27);1H. The van der Waals surface area contributed by atoms with Gasteiger partial charge in [0, 0.05) is 17.6 Å². The SMILES string of the molecule is Cl.O=C(Nc1ccc(C2CC2NCC2CC2)cc1)c1cc(-c2ccccc2)cs1. The zero-order valence-corrected chi connectivity index (χ0v) is 17.8. The maximum absolute atomic E-state index is 12.6. The zero-order chi connectivity index (χ0) is 18.9. The summed E-state index contributed by atoms with van der Waals surface area (Å²) in [6.07, 6.45) is 4.03. The number of hydrogen-bond donors (Lipinski definition) is 2. The van der Waals surface area contributed by atoms with E-state index in [2.05, 4.69) is 34.9 Å². The lowest BCUT2D eigenvalue weighted by atomic mass is 10.1. The molecule has 2 unspecified atom stereocenters. The monoisotopic (exact) mass is 424 g/mol. The molecule has 1 heterocycles. The van der Waals surface area contributed by atoms with Gasteiger partial charge in [-0.1, -0.05) is 42.5 Å². The normalized spacial score (nSPS) is 20.0. The van der Waals surface area contributed by atoms with Crippen LogP contribution in [0.5, 0.6) is 0 Å². The number of benzene rings is 2. The summed E-state index contributed by atoms with van der Waals surface area (Å²) in [6, 6.07) is 21.1. The molecule has 5 rings (SSSR count). The third-order valence-corrected chi connectivity index (χ3v) is 6.61. The van der Waals surface area contributed by atoms with Crippen molar-refractivity contribution < 1.29 is 4.79 Å². The summed E-state index contributed by atoms with van der Waals surface area (Å²) in [4.78, 5) is 13.3. The molecule has 0 spiro atoms. The Balaban J connectivity index is 0.00000205. The molecule has 2 fully saturated rings. The van der Waals surface area contributed by atoms with Crippen LogP contribution in [0.1, 0.15) is 40.4 Å². The summed E-state index contributed by atoms with van der Waals surface area (Å²) in [7, 11) is 0. The Morgan fingerprint density at radius 2 is 1.76 bits per heavy atom. The zero-order valence-electron chi connectivity index (χ0n) is 16.1. The van der Waals surface area contributed by atoms with E-state index in [4.69, 9.17) is 0 Å². The summed E-state index contributed by atoms with van der Waals surface area (Å²) in [5.74, 6) is 1.52. The summed E-state index contributed by atoms with van der Waals surface area (Å²) in [6.45, 7) is 1.18. The van der Waals surface area contributed by atoms with E-state index in [-0.39, 0.29) is 18.3 Å². The van der Waals surface area contributed by atoms with Crippen molar-refractivity contribution in [3.8, 4) is 11.1 Å². The largest absolute Gasteiger partial charge is 0.321 e. The van der Waals surface area contributed by atoms with Gasteiger partial charge in [0.25, 0.3) is 5.91 Å². The van der Waals surface area contributed by atoms with Crippen molar-refractivity contribution in [2.45, 2.75) is 31.2 Å². The lowest BCUT2D eigenvalue weighted by molar-refractivity contribution is 0.103. The highest BCUT2D eigenvalue weighted by Gasteiger charge is 2.38. The van der Waals surface area contributed by atoms with Crippen LogP contribution in [0.4, 0.5) is 5.69 Å². The molecule has 2 aliphatic rings. The van der Waals surface area contributed by atoms with Gasteiger partial charge in [-0.05, 0) is 72.0 Å². The van der Waals surface area contributed by atoms with Crippen LogP contribution in [0, 0.1) is 5.92 Å². The minimum absolute atomic E-state index is 0. The minimum Gasteiger partial charge on any atom is -0.321 e. The number of rotatable bonds is 7. The minimum atomic E-state index is -0.0460. The van der Waals surface area contributed by atoms with Crippen LogP contribution >= 0.6 is 23.7 Å². The molecule has 2 atom stereocenters. The number of nitrogens with one attached hydrogen (secondary N) is 2. The molecule has 3 aromatic rings. The fraction of sp³-hybridized carbons (Fsp3) is 0.292. The van der Waals surface area contributed by atoms with Crippen molar-refractivity contribution >= 4 is 35.3 Å². The summed E-state index contributed by atoms with van der Waals surface area (Å²) < 4.78 is 0. The molecule has 5 heteroatoms. The highest BCUT2D eigenvalue weighted by molar-refractivity contribution is 7.12. The molecule has 1 aromatic heterocycles. The van der Waals surface area contributed by atoms with E-state index in [1.54, 1.807) is 0 Å². The second kappa shape index (κ2) is 8.70. The first-order valence-corrected chi connectivity index (χ1v) is 10.9. The molecule has 3 nitrogen and oxygen atoms in total. The Labute approximate surface area is 182 Å². The summed E-state index contributed by atoms with van der Waals surface area (Å²) >= 11 is 1.48. The number of halogens is 1. The Hall–Kier alpha value is -2.14. The van der Waals surface area contributed by atoms with E-state index in [1.165, 1.54) is 42.7 Å². The molecule has 2 aliphatic carbocycles. The number of amides is 1. The van der Waals surface area contributed by atoms with Crippen LogP contribution in [-0.2, 0) is 0 Å². The molecule has 0 aliphatic heterocycles. The third-order valence-electron chi connectivity index (χ3n) is 5.68. The van der Waals surface area contributed by atoms with Gasteiger partial charge in [0.15, 0.2) is 0 Å². The van der Waals surface area contributed by atoms with E-state index in [1.807, 2.05) is 41.8 Å². The van der Waals surface area contributed by atoms with Gasteiger partial charge in [-0.15, -0.1) is 23.7 Å². The van der Waals surface area contributed by atoms with Crippen molar-refractivity contribution in [2.24, 2.45) is 5.92 Å². The lowest BCUT2D eigenvalue weighted by Crippen LogP contribution is -2.20. The van der Waals surface area contributed by atoms with Crippen LogP contribution in [0.25, 0.3) is 11.1 Å². The van der Waals surface area contributed by atoms with Crippen molar-refractivity contribution in [3.05, 3.63) is 76.5 Å². The van der Waals surface area contributed by atoms with Gasteiger partial charge in [-0.25, -0.2) is 0 Å². The van der Waals surface area contributed by atoms with Gasteiger partial charge in [-0.3, -0.25) is 4.79 Å². The van der Waals surface area contributed by atoms with E-state index >= 15 is 0 Å². The number of carbonyl (C=O) groups excluding carboxylic acids is 1. The Morgan fingerprint density at radius 1 is 1.00 bits per heavy atom. The molecule has 0 radical (unpaired) electrons. The molecule has 29 heavy (non-hydrogen) atoms. The van der Waals surface area contributed by atoms with Crippen LogP contribution in [0.3, 0.4) is 0 Å². The Morgan fingerprint density at radius 3 is 2.48 bits per heavy atom. The van der Waals surface area contributed by atoms with Crippen molar-refractivity contribution in [2.75, 3.05) is 11.9 Å². The van der Waals surface area contributed by atoms with Crippen molar-refractivity contribution in [3.63, 3.8) is 0 Å². The van der Waals surface area contributed by atoms with Crippen LogP contribution < -0.4 is 10.6 Å². The van der Waals surface area contributed by atoms with Crippen molar-refractivity contribution in [1.82, 2.24) is 5.32 Å². The maximum Gasteiger partial charge on any atom is 0.265 e. The highest BCUT2D eigenvalue weighted by atomic mass is 35.5. The number of anilines is 1. The highest BCUT2D eigenvalue weighted by Crippen LogP contribution is 2.42. The summed E-state index contributed by atoms with van der Waals surface area (Å²) in [5, 5.41) is 8.74. The third kappa shape index (κ3) is 4.89. The number of carbonyl (C=O) groups is 1. The van der Waals surface area contributed by atoms with Gasteiger partial charge in [-0.2, -0.15) is 0 Å². The molecule has 1 amide bonds. The molecule has 2 N–H and O–H groups in total. The van der Waals surface area contributed by atoms with Gasteiger partial charge in [0.1, 0.15) is 0 Å². The van der Waals surface area contributed by atoms with E-state index in [0.717, 1.165) is 27.6 Å². The van der Waals surface area contributed by atoms with Gasteiger partial charge in [0.2, 0.25) is 0 Å². The first-order chi connectivity index (χ1) is 13.8. The molecule has 150 valence electrons. The fourth-order valence-electron chi connectivity index (χ4n) is 3.67. The van der Waals surface area contributed by atoms with E-state index in [9.17, 15) is 4.79 Å². The van der Waals surface area contributed by atoms with Crippen LogP contribution in [0.15, 0.2) is 66.0 Å². The van der Waals surface area contributed by atoms with E-state index in [0.29, 0.717) is 12.0 Å². The number of thiophene rings is 1. The van der Waals surface area contributed by atoms with Gasteiger partial charge in [0.05, 0.1) is 4.88 Å². The molecular formula is C24H25ClN2OS. The maximum atomic E-state index is 12.6. The molecule has 0 saturated heterocycles. The van der Waals surface area contributed by atoms with E-state index < -0.39 is 0 Å². The first kappa shape index (κ1) is 20.1. The smallest absolute Gasteiger partial charge is 0.265 e. The molecular weight excluding hydrogens is 400 g/mol. The lowest BCUT2D eigenvalue weighted by Gasteiger charge is -2.06. The number of hydrogen-bond acceptors (Lipinski definition) is 3. The quantitative estimate of drug-likeness (QED) is 0.492. The van der Waals surface area contributed by atoms with Gasteiger partial charge < -0.3 is 10.6 Å².